The minimum atomic E-state index is -0.225. The third kappa shape index (κ3) is 3.08. The normalized spacial score (nSPS) is 12.6. The quantitative estimate of drug-likeness (QED) is 0.848. The second kappa shape index (κ2) is 5.33. The van der Waals surface area contributed by atoms with E-state index in [1.54, 1.807) is 28.7 Å². The number of hydrogen-bond acceptors (Lipinski definition) is 3. The molecular formula is C12H14FN3S. The summed E-state index contributed by atoms with van der Waals surface area (Å²) in [6.07, 6.45) is 3.73. The van der Waals surface area contributed by atoms with Crippen molar-refractivity contribution in [3.63, 3.8) is 0 Å². The molecule has 2 N–H and O–H groups in total. The second-order valence-electron chi connectivity index (χ2n) is 3.75. The van der Waals surface area contributed by atoms with Crippen LogP contribution in [0.2, 0.25) is 0 Å². The highest BCUT2D eigenvalue weighted by Crippen LogP contribution is 2.34. The van der Waals surface area contributed by atoms with E-state index in [9.17, 15) is 4.39 Å². The molecule has 1 aromatic carbocycles. The van der Waals surface area contributed by atoms with E-state index in [0.717, 1.165) is 10.5 Å². The van der Waals surface area contributed by atoms with Crippen molar-refractivity contribution in [1.29, 1.82) is 0 Å². The van der Waals surface area contributed by atoms with Gasteiger partial charge in [0.15, 0.2) is 0 Å². The Kier molecular flexibility index (Phi) is 3.81. The molecule has 0 bridgehead atoms. The Hall–Kier alpha value is -1.33. The monoisotopic (exact) mass is 251 g/mol. The number of aromatic nitrogens is 2. The summed E-state index contributed by atoms with van der Waals surface area (Å²) in [6, 6.07) is 6.54. The molecule has 0 aliphatic heterocycles. The van der Waals surface area contributed by atoms with E-state index in [2.05, 4.69) is 5.10 Å². The summed E-state index contributed by atoms with van der Waals surface area (Å²) in [6.45, 7) is 0.493. The van der Waals surface area contributed by atoms with Crippen LogP contribution in [0.1, 0.15) is 10.8 Å². The molecule has 2 rings (SSSR count). The minimum Gasteiger partial charge on any atom is -0.329 e. The number of benzene rings is 1. The summed E-state index contributed by atoms with van der Waals surface area (Å²) in [4.78, 5) is 0.879. The third-order valence-electron chi connectivity index (χ3n) is 2.39. The van der Waals surface area contributed by atoms with Crippen LogP contribution in [0.15, 0.2) is 41.6 Å². The highest BCUT2D eigenvalue weighted by Gasteiger charge is 2.13. The van der Waals surface area contributed by atoms with Gasteiger partial charge in [-0.3, -0.25) is 4.68 Å². The minimum absolute atomic E-state index is 0.102. The van der Waals surface area contributed by atoms with Crippen molar-refractivity contribution in [1.82, 2.24) is 9.78 Å². The number of aryl methyl sites for hydroxylation is 1. The van der Waals surface area contributed by atoms with Gasteiger partial charge in [-0.05, 0) is 18.2 Å². The van der Waals surface area contributed by atoms with Crippen LogP contribution in [0.5, 0.6) is 0 Å². The molecule has 90 valence electrons. The lowest BCUT2D eigenvalue weighted by Gasteiger charge is -2.12. The summed E-state index contributed by atoms with van der Waals surface area (Å²) in [5.74, 6) is -0.225. The molecule has 0 amide bonds. The molecule has 1 heterocycles. The van der Waals surface area contributed by atoms with Crippen LogP contribution in [0.25, 0.3) is 0 Å². The largest absolute Gasteiger partial charge is 0.329 e. The van der Waals surface area contributed by atoms with Gasteiger partial charge in [0.2, 0.25) is 0 Å². The first kappa shape index (κ1) is 12.1. The first-order valence-corrected chi connectivity index (χ1v) is 6.18. The van der Waals surface area contributed by atoms with Crippen molar-refractivity contribution < 1.29 is 4.39 Å². The van der Waals surface area contributed by atoms with Gasteiger partial charge >= 0.3 is 0 Å². The number of halogens is 1. The molecule has 2 aromatic rings. The van der Waals surface area contributed by atoms with Crippen molar-refractivity contribution in [3.8, 4) is 0 Å². The van der Waals surface area contributed by atoms with Gasteiger partial charge in [-0.1, -0.05) is 6.07 Å². The molecule has 3 nitrogen and oxygen atoms in total. The topological polar surface area (TPSA) is 43.8 Å². The van der Waals surface area contributed by atoms with E-state index < -0.39 is 0 Å². The molecule has 1 unspecified atom stereocenters. The molecule has 0 aliphatic carbocycles. The van der Waals surface area contributed by atoms with Gasteiger partial charge in [0.05, 0.1) is 6.20 Å². The van der Waals surface area contributed by atoms with Gasteiger partial charge in [-0.25, -0.2) is 4.39 Å². The molecule has 0 fully saturated rings. The van der Waals surface area contributed by atoms with Crippen molar-refractivity contribution in [2.24, 2.45) is 12.8 Å². The van der Waals surface area contributed by atoms with E-state index in [1.165, 1.54) is 12.1 Å². The zero-order valence-electron chi connectivity index (χ0n) is 9.51. The van der Waals surface area contributed by atoms with E-state index in [4.69, 9.17) is 5.73 Å². The molecule has 1 aromatic heterocycles. The Balaban J connectivity index is 2.15. The van der Waals surface area contributed by atoms with E-state index >= 15 is 0 Å². The maximum atomic E-state index is 13.1. The summed E-state index contributed by atoms with van der Waals surface area (Å²) < 4.78 is 14.8. The van der Waals surface area contributed by atoms with Gasteiger partial charge in [0, 0.05) is 35.5 Å². The Labute approximate surface area is 104 Å². The molecule has 1 atom stereocenters. The molecule has 0 spiro atoms. The van der Waals surface area contributed by atoms with Gasteiger partial charge in [-0.15, -0.1) is 11.8 Å². The molecule has 0 saturated heterocycles. The second-order valence-corrected chi connectivity index (χ2v) is 5.02. The number of nitrogens with two attached hydrogens (primary N) is 1. The molecular weight excluding hydrogens is 237 g/mol. The lowest BCUT2D eigenvalue weighted by atomic mass is 10.2. The number of nitrogens with zero attached hydrogens (tertiary/aromatic N) is 2. The molecule has 0 aliphatic rings. The first-order valence-electron chi connectivity index (χ1n) is 5.30. The fourth-order valence-electron chi connectivity index (χ4n) is 1.56. The zero-order chi connectivity index (χ0) is 12.3. The van der Waals surface area contributed by atoms with Crippen LogP contribution in [-0.2, 0) is 7.05 Å². The Morgan fingerprint density at radius 3 is 2.94 bits per heavy atom. The summed E-state index contributed by atoms with van der Waals surface area (Å²) in [7, 11) is 1.87. The van der Waals surface area contributed by atoms with E-state index in [-0.39, 0.29) is 11.1 Å². The molecule has 17 heavy (non-hydrogen) atoms. The maximum absolute atomic E-state index is 13.1. The van der Waals surface area contributed by atoms with Crippen molar-refractivity contribution in [3.05, 3.63) is 48.0 Å². The predicted molar refractivity (Wildman–Crippen MR) is 67.3 cm³/mol. The summed E-state index contributed by atoms with van der Waals surface area (Å²) >= 11 is 1.55. The number of rotatable bonds is 4. The lowest BCUT2D eigenvalue weighted by molar-refractivity contribution is 0.624. The van der Waals surface area contributed by atoms with Crippen LogP contribution in [0.4, 0.5) is 4.39 Å². The SMILES string of the molecule is Cn1cc(C(CN)Sc2cccc(F)c2)cn1. The summed E-state index contributed by atoms with van der Waals surface area (Å²) in [5, 5.41) is 4.22. The zero-order valence-corrected chi connectivity index (χ0v) is 10.3. The predicted octanol–water partition coefficient (Wildman–Crippen LogP) is 2.35. The average Bonchev–Trinajstić information content (AvgIpc) is 2.73. The van der Waals surface area contributed by atoms with E-state index in [1.807, 2.05) is 19.3 Å². The third-order valence-corrected chi connectivity index (χ3v) is 3.66. The average molecular weight is 251 g/mol. The van der Waals surface area contributed by atoms with Crippen LogP contribution >= 0.6 is 11.8 Å². The fourth-order valence-corrected chi connectivity index (χ4v) is 2.58. The highest BCUT2D eigenvalue weighted by molar-refractivity contribution is 7.99. The Bertz CT molecular complexity index is 498. The fraction of sp³-hybridized carbons (Fsp3) is 0.250. The molecule has 0 radical (unpaired) electrons. The van der Waals surface area contributed by atoms with Crippen LogP contribution in [0.3, 0.4) is 0 Å². The van der Waals surface area contributed by atoms with Crippen LogP contribution in [0, 0.1) is 5.82 Å². The van der Waals surface area contributed by atoms with E-state index in [0.29, 0.717) is 6.54 Å². The first-order chi connectivity index (χ1) is 8.19. The lowest BCUT2D eigenvalue weighted by Crippen LogP contribution is -2.08. The van der Waals surface area contributed by atoms with Gasteiger partial charge < -0.3 is 5.73 Å². The highest BCUT2D eigenvalue weighted by atomic mass is 32.2. The van der Waals surface area contributed by atoms with Gasteiger partial charge in [0.25, 0.3) is 0 Å². The van der Waals surface area contributed by atoms with Crippen LogP contribution < -0.4 is 5.73 Å². The number of hydrogen-bond donors (Lipinski definition) is 1. The smallest absolute Gasteiger partial charge is 0.124 e. The molecule has 0 saturated carbocycles. The Morgan fingerprint density at radius 2 is 2.35 bits per heavy atom. The van der Waals surface area contributed by atoms with Crippen LogP contribution in [-0.4, -0.2) is 16.3 Å². The van der Waals surface area contributed by atoms with Crippen molar-refractivity contribution >= 4 is 11.8 Å². The van der Waals surface area contributed by atoms with Gasteiger partial charge in [0.1, 0.15) is 5.82 Å². The molecule has 5 heteroatoms. The Morgan fingerprint density at radius 1 is 1.53 bits per heavy atom. The van der Waals surface area contributed by atoms with Crippen molar-refractivity contribution in [2.45, 2.75) is 10.1 Å². The standard InChI is InChI=1S/C12H14FN3S/c1-16-8-9(7-15-16)12(6-14)17-11-4-2-3-10(13)5-11/h2-5,7-8,12H,6,14H2,1H3. The summed E-state index contributed by atoms with van der Waals surface area (Å²) in [5.41, 5.74) is 6.81. The number of thioether (sulfide) groups is 1. The maximum Gasteiger partial charge on any atom is 0.124 e. The van der Waals surface area contributed by atoms with Gasteiger partial charge in [-0.2, -0.15) is 5.10 Å². The van der Waals surface area contributed by atoms with Crippen molar-refractivity contribution in [2.75, 3.05) is 6.54 Å².